The summed E-state index contributed by atoms with van der Waals surface area (Å²) in [6.07, 6.45) is 1.44. The minimum absolute atomic E-state index is 0.0639. The lowest BCUT2D eigenvalue weighted by Gasteiger charge is -2.15. The maximum atomic E-state index is 12.2. The molecule has 0 saturated heterocycles. The number of hydrogen-bond acceptors (Lipinski definition) is 5. The maximum Gasteiger partial charge on any atom is 0.311 e. The van der Waals surface area contributed by atoms with Crippen molar-refractivity contribution < 1.29 is 19.2 Å². The smallest absolute Gasteiger partial charge is 0.311 e. The second-order valence-corrected chi connectivity index (χ2v) is 5.84. The van der Waals surface area contributed by atoms with Crippen LogP contribution < -0.4 is 10.1 Å². The number of hydrogen-bond donors (Lipinski definition) is 1. The zero-order valence-electron chi connectivity index (χ0n) is 14.6. The van der Waals surface area contributed by atoms with Crippen molar-refractivity contribution in [1.82, 2.24) is 0 Å². The largest absolute Gasteiger partial charge is 0.477 e. The van der Waals surface area contributed by atoms with Crippen molar-refractivity contribution in [3.63, 3.8) is 0 Å². The highest BCUT2D eigenvalue weighted by molar-refractivity contribution is 5.92. The van der Waals surface area contributed by atoms with E-state index < -0.39 is 10.8 Å². The Balaban J connectivity index is 2.09. The lowest BCUT2D eigenvalue weighted by Crippen LogP contribution is -2.21. The van der Waals surface area contributed by atoms with Gasteiger partial charge in [0, 0.05) is 17.3 Å². The molecule has 0 saturated carbocycles. The second-order valence-electron chi connectivity index (χ2n) is 5.84. The Morgan fingerprint density at radius 1 is 1.31 bits per heavy atom. The van der Waals surface area contributed by atoms with Crippen LogP contribution in [0.1, 0.15) is 42.1 Å². The third kappa shape index (κ3) is 4.66. The number of rotatable bonds is 8. The number of carbonyl (C=O) groups is 2. The summed E-state index contributed by atoms with van der Waals surface area (Å²) < 4.78 is 5.29. The first-order chi connectivity index (χ1) is 12.5. The molecule has 2 aromatic carbocycles. The van der Waals surface area contributed by atoms with Crippen LogP contribution in [-0.4, -0.2) is 23.7 Å². The summed E-state index contributed by atoms with van der Waals surface area (Å²) in [5.74, 6) is -0.204. The molecule has 0 spiro atoms. The third-order valence-corrected chi connectivity index (χ3v) is 4.05. The first kappa shape index (κ1) is 19.1. The molecule has 1 amide bonds. The van der Waals surface area contributed by atoms with E-state index in [9.17, 15) is 19.7 Å². The molecular formula is C19H20N2O5. The van der Waals surface area contributed by atoms with Crippen molar-refractivity contribution in [1.29, 1.82) is 0 Å². The third-order valence-electron chi connectivity index (χ3n) is 4.05. The van der Waals surface area contributed by atoms with Gasteiger partial charge in [0.05, 0.1) is 4.92 Å². The number of benzene rings is 2. The van der Waals surface area contributed by atoms with Crippen LogP contribution in [0, 0.1) is 10.1 Å². The van der Waals surface area contributed by atoms with Gasteiger partial charge in [0.1, 0.15) is 6.29 Å². The summed E-state index contributed by atoms with van der Waals surface area (Å²) in [5.41, 5.74) is 1.52. The molecule has 7 nitrogen and oxygen atoms in total. The van der Waals surface area contributed by atoms with E-state index in [-0.39, 0.29) is 29.5 Å². The Kier molecular flexibility index (Phi) is 6.43. The quantitative estimate of drug-likeness (QED) is 0.439. The fraction of sp³-hybridized carbons (Fsp3) is 0.263. The standard InChI is InChI=1S/C19H20N2O5/c1-3-13(2)15-6-4-5-7-16(15)20-19(23)12-26-18-9-8-14(11-22)10-17(18)21(24)25/h4-11,13H,3,12H2,1-2H3,(H,20,23)/t13-/m0/s1. The lowest BCUT2D eigenvalue weighted by atomic mass is 9.97. The van der Waals surface area contributed by atoms with E-state index in [0.717, 1.165) is 18.1 Å². The van der Waals surface area contributed by atoms with Gasteiger partial charge in [0.2, 0.25) is 0 Å². The zero-order valence-corrected chi connectivity index (χ0v) is 14.6. The number of ether oxygens (including phenoxy) is 1. The molecule has 136 valence electrons. The zero-order chi connectivity index (χ0) is 19.1. The Hall–Kier alpha value is -3.22. The molecule has 0 aromatic heterocycles. The number of para-hydroxylation sites is 1. The summed E-state index contributed by atoms with van der Waals surface area (Å²) in [6, 6.07) is 11.3. The van der Waals surface area contributed by atoms with Crippen LogP contribution in [0.15, 0.2) is 42.5 Å². The first-order valence-electron chi connectivity index (χ1n) is 8.21. The minimum Gasteiger partial charge on any atom is -0.477 e. The lowest BCUT2D eigenvalue weighted by molar-refractivity contribution is -0.385. The average molecular weight is 356 g/mol. The second kappa shape index (κ2) is 8.75. The normalized spacial score (nSPS) is 11.5. The number of nitrogens with one attached hydrogen (secondary N) is 1. The fourth-order valence-corrected chi connectivity index (χ4v) is 2.46. The molecular weight excluding hydrogens is 336 g/mol. The Bertz CT molecular complexity index is 819. The summed E-state index contributed by atoms with van der Waals surface area (Å²) >= 11 is 0. The molecule has 0 bridgehead atoms. The number of amides is 1. The highest BCUT2D eigenvalue weighted by Gasteiger charge is 2.18. The van der Waals surface area contributed by atoms with E-state index in [1.807, 2.05) is 18.2 Å². The molecule has 2 rings (SSSR count). The molecule has 2 aromatic rings. The molecule has 0 fully saturated rings. The Morgan fingerprint density at radius 3 is 2.69 bits per heavy atom. The molecule has 0 heterocycles. The minimum atomic E-state index is -0.654. The van der Waals surface area contributed by atoms with Gasteiger partial charge in [-0.15, -0.1) is 0 Å². The van der Waals surface area contributed by atoms with Crippen LogP contribution in [0.5, 0.6) is 5.75 Å². The van der Waals surface area contributed by atoms with Crippen molar-refractivity contribution >= 4 is 23.6 Å². The van der Waals surface area contributed by atoms with Gasteiger partial charge in [-0.05, 0) is 36.1 Å². The average Bonchev–Trinajstić information content (AvgIpc) is 2.65. The highest BCUT2D eigenvalue weighted by atomic mass is 16.6. The van der Waals surface area contributed by atoms with Crippen LogP contribution in [0.3, 0.4) is 0 Å². The number of aldehydes is 1. The van der Waals surface area contributed by atoms with E-state index >= 15 is 0 Å². The summed E-state index contributed by atoms with van der Waals surface area (Å²) in [6.45, 7) is 3.75. The number of carbonyl (C=O) groups excluding carboxylic acids is 2. The molecule has 0 aliphatic heterocycles. The predicted molar refractivity (Wildman–Crippen MR) is 97.8 cm³/mol. The highest BCUT2D eigenvalue weighted by Crippen LogP contribution is 2.28. The van der Waals surface area contributed by atoms with Crippen molar-refractivity contribution in [3.05, 3.63) is 63.7 Å². The van der Waals surface area contributed by atoms with E-state index in [0.29, 0.717) is 12.0 Å². The number of nitro groups is 1. The number of anilines is 1. The number of nitro benzene ring substituents is 1. The van der Waals surface area contributed by atoms with Gasteiger partial charge in [-0.2, -0.15) is 0 Å². The van der Waals surface area contributed by atoms with Crippen LogP contribution in [0.4, 0.5) is 11.4 Å². The van der Waals surface area contributed by atoms with Crippen molar-refractivity contribution in [2.45, 2.75) is 26.2 Å². The SMILES string of the molecule is CC[C@H](C)c1ccccc1NC(=O)COc1ccc(C=O)cc1[N+](=O)[O-]. The number of nitrogens with zero attached hydrogens (tertiary/aromatic N) is 1. The van der Waals surface area contributed by atoms with Crippen molar-refractivity contribution in [2.24, 2.45) is 0 Å². The molecule has 0 unspecified atom stereocenters. The molecule has 0 aliphatic rings. The monoisotopic (exact) mass is 356 g/mol. The van der Waals surface area contributed by atoms with Gasteiger partial charge in [0.25, 0.3) is 5.91 Å². The van der Waals surface area contributed by atoms with Gasteiger partial charge in [-0.3, -0.25) is 19.7 Å². The van der Waals surface area contributed by atoms with Crippen LogP contribution in [0.2, 0.25) is 0 Å². The molecule has 0 aliphatic carbocycles. The molecule has 26 heavy (non-hydrogen) atoms. The Morgan fingerprint density at radius 2 is 2.04 bits per heavy atom. The van der Waals surface area contributed by atoms with E-state index in [1.165, 1.54) is 12.1 Å². The van der Waals surface area contributed by atoms with Gasteiger partial charge in [-0.1, -0.05) is 32.0 Å². The molecule has 7 heteroatoms. The topological polar surface area (TPSA) is 98.5 Å². The molecule has 1 atom stereocenters. The van der Waals surface area contributed by atoms with Crippen LogP contribution >= 0.6 is 0 Å². The molecule has 0 radical (unpaired) electrons. The van der Waals surface area contributed by atoms with E-state index in [2.05, 4.69) is 19.2 Å². The van der Waals surface area contributed by atoms with Crippen molar-refractivity contribution in [2.75, 3.05) is 11.9 Å². The van der Waals surface area contributed by atoms with Gasteiger partial charge in [-0.25, -0.2) is 0 Å². The summed E-state index contributed by atoms with van der Waals surface area (Å²) in [7, 11) is 0. The first-order valence-corrected chi connectivity index (χ1v) is 8.21. The van der Waals surface area contributed by atoms with Crippen molar-refractivity contribution in [3.8, 4) is 5.75 Å². The van der Waals surface area contributed by atoms with Gasteiger partial charge in [0.15, 0.2) is 12.4 Å². The van der Waals surface area contributed by atoms with E-state index in [4.69, 9.17) is 4.74 Å². The summed E-state index contributed by atoms with van der Waals surface area (Å²) in [4.78, 5) is 33.4. The van der Waals surface area contributed by atoms with Gasteiger partial charge < -0.3 is 10.1 Å². The fourth-order valence-electron chi connectivity index (χ4n) is 2.46. The Labute approximate surface area is 151 Å². The molecule has 1 N–H and O–H groups in total. The van der Waals surface area contributed by atoms with Crippen LogP contribution in [0.25, 0.3) is 0 Å². The van der Waals surface area contributed by atoms with Gasteiger partial charge >= 0.3 is 5.69 Å². The maximum absolute atomic E-state index is 12.2. The van der Waals surface area contributed by atoms with E-state index in [1.54, 1.807) is 6.07 Å². The predicted octanol–water partition coefficient (Wildman–Crippen LogP) is 3.94. The summed E-state index contributed by atoms with van der Waals surface area (Å²) in [5, 5.41) is 13.9. The van der Waals surface area contributed by atoms with Crippen LogP contribution in [-0.2, 0) is 4.79 Å².